The lowest BCUT2D eigenvalue weighted by Crippen LogP contribution is -2.30. The molecule has 0 aliphatic rings. The van der Waals surface area contributed by atoms with Crippen LogP contribution < -0.4 is 4.72 Å². The first kappa shape index (κ1) is 12.2. The molecule has 0 aromatic rings. The molecule has 0 fully saturated rings. The number of amides is 1. The van der Waals surface area contributed by atoms with Crippen LogP contribution in [0.2, 0.25) is 0 Å². The number of rotatable bonds is 6. The van der Waals surface area contributed by atoms with Crippen LogP contribution >= 0.6 is 0 Å². The first-order valence-electron chi connectivity index (χ1n) is 4.21. The molecule has 0 aromatic heterocycles. The Balaban J connectivity index is 3.71. The van der Waals surface area contributed by atoms with Crippen molar-refractivity contribution in [2.75, 3.05) is 5.75 Å². The number of nitrogens with one attached hydrogen (secondary N) is 1. The van der Waals surface area contributed by atoms with Crippen molar-refractivity contribution in [2.24, 2.45) is 0 Å². The Morgan fingerprint density at radius 2 is 1.92 bits per heavy atom. The molecule has 0 aliphatic heterocycles. The number of hydrogen-bond donors (Lipinski definition) is 2. The Labute approximate surface area is 78.2 Å². The molecule has 2 N–H and O–H groups in total. The summed E-state index contributed by atoms with van der Waals surface area (Å²) in [5.74, 6) is -0.112. The van der Waals surface area contributed by atoms with Crippen molar-refractivity contribution in [2.45, 2.75) is 32.6 Å². The first-order valence-corrected chi connectivity index (χ1v) is 5.86. The van der Waals surface area contributed by atoms with Crippen LogP contribution in [0.15, 0.2) is 0 Å². The molecule has 0 atom stereocenters. The summed E-state index contributed by atoms with van der Waals surface area (Å²) in [6.45, 7) is 2.02. The first-order chi connectivity index (χ1) is 5.98. The van der Waals surface area contributed by atoms with Crippen molar-refractivity contribution < 1.29 is 18.3 Å². The molecule has 0 saturated heterocycles. The summed E-state index contributed by atoms with van der Waals surface area (Å²) in [4.78, 5) is 10.0. The molecule has 1 amide bonds. The fourth-order valence-electron chi connectivity index (χ4n) is 0.903. The molecule has 0 heterocycles. The summed E-state index contributed by atoms with van der Waals surface area (Å²) < 4.78 is 23.3. The Bertz CT molecular complexity index is 247. The minimum atomic E-state index is -3.61. The predicted molar refractivity (Wildman–Crippen MR) is 49.1 cm³/mol. The van der Waals surface area contributed by atoms with Crippen LogP contribution in [0.4, 0.5) is 4.79 Å². The smallest absolute Gasteiger partial charge is 0.418 e. The van der Waals surface area contributed by atoms with Crippen molar-refractivity contribution in [3.63, 3.8) is 0 Å². The van der Waals surface area contributed by atoms with Gasteiger partial charge in [0.1, 0.15) is 0 Å². The highest BCUT2D eigenvalue weighted by Gasteiger charge is 2.12. The summed E-state index contributed by atoms with van der Waals surface area (Å²) in [7, 11) is -3.61. The maximum Gasteiger partial charge on any atom is 0.418 e. The van der Waals surface area contributed by atoms with Gasteiger partial charge >= 0.3 is 6.09 Å². The van der Waals surface area contributed by atoms with E-state index in [2.05, 4.69) is 0 Å². The summed E-state index contributed by atoms with van der Waals surface area (Å²) in [6, 6.07) is 0. The number of unbranched alkanes of at least 4 members (excludes halogenated alkanes) is 3. The topological polar surface area (TPSA) is 83.5 Å². The fraction of sp³-hybridized carbons (Fsp3) is 0.857. The van der Waals surface area contributed by atoms with E-state index < -0.39 is 16.1 Å². The second kappa shape index (κ2) is 5.80. The van der Waals surface area contributed by atoms with Gasteiger partial charge in [-0.25, -0.2) is 17.9 Å². The third-order valence-electron chi connectivity index (χ3n) is 1.51. The molecule has 0 aliphatic carbocycles. The fourth-order valence-corrected chi connectivity index (χ4v) is 1.86. The molecule has 78 valence electrons. The average Bonchev–Trinajstić information content (AvgIpc) is 1.95. The van der Waals surface area contributed by atoms with Gasteiger partial charge in [-0.05, 0) is 6.42 Å². The zero-order valence-corrected chi connectivity index (χ0v) is 8.43. The average molecular weight is 209 g/mol. The molecule has 0 radical (unpaired) electrons. The SMILES string of the molecule is CCCCCCS(=O)(=O)NC(=O)O. The molecule has 0 bridgehead atoms. The molecule has 0 saturated carbocycles. The minimum absolute atomic E-state index is 0.112. The van der Waals surface area contributed by atoms with E-state index in [1.807, 2.05) is 6.92 Å². The summed E-state index contributed by atoms with van der Waals surface area (Å²) in [5.41, 5.74) is 0. The Hall–Kier alpha value is -0.780. The molecular weight excluding hydrogens is 194 g/mol. The van der Waals surface area contributed by atoms with Gasteiger partial charge in [0, 0.05) is 0 Å². The largest absolute Gasteiger partial charge is 0.464 e. The second-order valence-corrected chi connectivity index (χ2v) is 4.63. The van der Waals surface area contributed by atoms with Gasteiger partial charge in [-0.15, -0.1) is 0 Å². The summed E-state index contributed by atoms with van der Waals surface area (Å²) >= 11 is 0. The lowest BCUT2D eigenvalue weighted by atomic mass is 10.2. The highest BCUT2D eigenvalue weighted by Crippen LogP contribution is 2.00. The monoisotopic (exact) mass is 209 g/mol. The van der Waals surface area contributed by atoms with Crippen LogP contribution in [0.1, 0.15) is 32.6 Å². The Morgan fingerprint density at radius 3 is 2.38 bits per heavy atom. The van der Waals surface area contributed by atoms with Gasteiger partial charge in [0.25, 0.3) is 0 Å². The third-order valence-corrected chi connectivity index (χ3v) is 2.82. The van der Waals surface area contributed by atoms with Gasteiger partial charge in [0.2, 0.25) is 10.0 Å². The summed E-state index contributed by atoms with van der Waals surface area (Å²) in [5, 5.41) is 8.16. The van der Waals surface area contributed by atoms with Gasteiger partial charge in [0.15, 0.2) is 0 Å². The van der Waals surface area contributed by atoms with E-state index >= 15 is 0 Å². The van der Waals surface area contributed by atoms with Gasteiger partial charge in [-0.1, -0.05) is 26.2 Å². The zero-order chi connectivity index (χ0) is 10.3. The van der Waals surface area contributed by atoms with E-state index in [4.69, 9.17) is 5.11 Å². The maximum atomic E-state index is 10.9. The molecule has 0 unspecified atom stereocenters. The van der Waals surface area contributed by atoms with Crippen LogP contribution in [0.25, 0.3) is 0 Å². The van der Waals surface area contributed by atoms with Crippen LogP contribution in [-0.4, -0.2) is 25.4 Å². The Morgan fingerprint density at radius 1 is 1.31 bits per heavy atom. The van der Waals surface area contributed by atoms with Crippen molar-refractivity contribution in [1.29, 1.82) is 0 Å². The standard InChI is InChI=1S/C7H15NO4S/c1-2-3-4-5-6-13(11,12)8-7(9)10/h8H,2-6H2,1H3,(H,9,10). The number of carbonyl (C=O) groups is 1. The van der Waals surface area contributed by atoms with E-state index in [1.165, 1.54) is 4.72 Å². The second-order valence-electron chi connectivity index (χ2n) is 2.79. The quantitative estimate of drug-likeness (QED) is 0.643. The van der Waals surface area contributed by atoms with Crippen LogP contribution in [0.3, 0.4) is 0 Å². The normalized spacial score (nSPS) is 11.2. The molecular formula is C7H15NO4S. The zero-order valence-electron chi connectivity index (χ0n) is 7.62. The molecule has 5 nitrogen and oxygen atoms in total. The van der Waals surface area contributed by atoms with E-state index in [9.17, 15) is 13.2 Å². The summed E-state index contributed by atoms with van der Waals surface area (Å²) in [6.07, 6.45) is 1.80. The lowest BCUT2D eigenvalue weighted by molar-refractivity contribution is 0.201. The van der Waals surface area contributed by atoms with Gasteiger partial charge < -0.3 is 5.11 Å². The van der Waals surface area contributed by atoms with Crippen LogP contribution in [-0.2, 0) is 10.0 Å². The third kappa shape index (κ3) is 7.58. The van der Waals surface area contributed by atoms with Gasteiger partial charge in [0.05, 0.1) is 5.75 Å². The van der Waals surface area contributed by atoms with Crippen molar-refractivity contribution in [1.82, 2.24) is 4.72 Å². The molecule has 0 aromatic carbocycles. The Kier molecular flexibility index (Phi) is 5.45. The van der Waals surface area contributed by atoms with E-state index in [1.54, 1.807) is 0 Å². The van der Waals surface area contributed by atoms with E-state index in [-0.39, 0.29) is 5.75 Å². The van der Waals surface area contributed by atoms with Gasteiger partial charge in [-0.2, -0.15) is 0 Å². The molecule has 13 heavy (non-hydrogen) atoms. The predicted octanol–water partition coefficient (Wildman–Crippen LogP) is 1.16. The van der Waals surface area contributed by atoms with Crippen molar-refractivity contribution in [3.8, 4) is 0 Å². The van der Waals surface area contributed by atoms with Crippen LogP contribution in [0, 0.1) is 0 Å². The number of sulfonamides is 1. The van der Waals surface area contributed by atoms with Crippen LogP contribution in [0.5, 0.6) is 0 Å². The van der Waals surface area contributed by atoms with E-state index in [0.29, 0.717) is 6.42 Å². The number of carboxylic acid groups (broad SMARTS) is 1. The van der Waals surface area contributed by atoms with Gasteiger partial charge in [-0.3, -0.25) is 0 Å². The van der Waals surface area contributed by atoms with Crippen molar-refractivity contribution >= 4 is 16.1 Å². The highest BCUT2D eigenvalue weighted by molar-refractivity contribution is 7.90. The minimum Gasteiger partial charge on any atom is -0.464 e. The molecule has 6 heteroatoms. The maximum absolute atomic E-state index is 10.9. The number of hydrogen-bond acceptors (Lipinski definition) is 3. The molecule has 0 rings (SSSR count). The molecule has 0 spiro atoms. The van der Waals surface area contributed by atoms with E-state index in [0.717, 1.165) is 19.3 Å². The lowest BCUT2D eigenvalue weighted by Gasteiger charge is -2.02. The highest BCUT2D eigenvalue weighted by atomic mass is 32.2. The van der Waals surface area contributed by atoms with Crippen molar-refractivity contribution in [3.05, 3.63) is 0 Å².